The van der Waals surface area contributed by atoms with Crippen molar-refractivity contribution in [2.75, 3.05) is 11.9 Å². The Morgan fingerprint density at radius 2 is 2.31 bits per heavy atom. The van der Waals surface area contributed by atoms with Crippen LogP contribution in [0.15, 0.2) is 24.3 Å². The van der Waals surface area contributed by atoms with E-state index in [1.54, 1.807) is 12.1 Å². The summed E-state index contributed by atoms with van der Waals surface area (Å²) in [5, 5.41) is 12.5. The number of benzene rings is 1. The Hall–Kier alpha value is -1.39. The van der Waals surface area contributed by atoms with Crippen LogP contribution in [-0.4, -0.2) is 17.6 Å². The van der Waals surface area contributed by atoms with Crippen molar-refractivity contribution in [3.05, 3.63) is 29.8 Å². The van der Waals surface area contributed by atoms with Crippen molar-refractivity contribution >= 4 is 11.6 Å². The van der Waals surface area contributed by atoms with E-state index >= 15 is 0 Å². The maximum Gasteiger partial charge on any atom is 0.221 e. The van der Waals surface area contributed by atoms with Crippen molar-refractivity contribution in [1.29, 1.82) is 0 Å². The first-order valence-corrected chi connectivity index (χ1v) is 5.39. The van der Waals surface area contributed by atoms with E-state index in [-0.39, 0.29) is 5.91 Å². The second-order valence-corrected chi connectivity index (χ2v) is 3.75. The summed E-state index contributed by atoms with van der Waals surface area (Å²) < 4.78 is 0. The van der Waals surface area contributed by atoms with Crippen molar-refractivity contribution in [2.24, 2.45) is 5.73 Å². The van der Waals surface area contributed by atoms with E-state index in [4.69, 9.17) is 5.73 Å². The van der Waals surface area contributed by atoms with Crippen molar-refractivity contribution in [1.82, 2.24) is 0 Å². The molecule has 0 aliphatic rings. The van der Waals surface area contributed by atoms with E-state index in [9.17, 15) is 9.90 Å². The van der Waals surface area contributed by atoms with E-state index in [1.165, 1.54) is 6.92 Å². The third kappa shape index (κ3) is 4.00. The van der Waals surface area contributed by atoms with Crippen LogP contribution in [0.1, 0.15) is 31.4 Å². The summed E-state index contributed by atoms with van der Waals surface area (Å²) in [5.74, 6) is -0.117. The van der Waals surface area contributed by atoms with Crippen LogP contribution in [0, 0.1) is 0 Å². The summed E-state index contributed by atoms with van der Waals surface area (Å²) in [6.07, 6.45) is 0.906. The molecule has 0 saturated heterocycles. The van der Waals surface area contributed by atoms with Crippen LogP contribution in [-0.2, 0) is 4.79 Å². The predicted octanol–water partition coefficient (Wildman–Crippen LogP) is 1.42. The van der Waals surface area contributed by atoms with Gasteiger partial charge in [0.25, 0.3) is 0 Å². The Labute approximate surface area is 95.5 Å². The number of hydrogen-bond acceptors (Lipinski definition) is 3. The molecule has 4 nitrogen and oxygen atoms in total. The van der Waals surface area contributed by atoms with Crippen LogP contribution in [0.25, 0.3) is 0 Å². The second-order valence-electron chi connectivity index (χ2n) is 3.75. The standard InChI is InChI=1S/C12H18N2O2/c1-9(15)14-11-5-2-4-10(8-11)12(16)6-3-7-13/h2,4-5,8,12,16H,3,6-7,13H2,1H3,(H,14,15). The molecular weight excluding hydrogens is 204 g/mol. The highest BCUT2D eigenvalue weighted by Crippen LogP contribution is 2.21. The molecule has 0 heterocycles. The van der Waals surface area contributed by atoms with Gasteiger partial charge in [-0.15, -0.1) is 0 Å². The van der Waals surface area contributed by atoms with Gasteiger partial charge in [-0.2, -0.15) is 0 Å². The van der Waals surface area contributed by atoms with Gasteiger partial charge in [-0.25, -0.2) is 0 Å². The van der Waals surface area contributed by atoms with E-state index in [0.717, 1.165) is 12.0 Å². The lowest BCUT2D eigenvalue weighted by molar-refractivity contribution is -0.114. The largest absolute Gasteiger partial charge is 0.388 e. The number of rotatable bonds is 5. The van der Waals surface area contributed by atoms with Crippen molar-refractivity contribution < 1.29 is 9.90 Å². The summed E-state index contributed by atoms with van der Waals surface area (Å²) in [5.41, 5.74) is 6.89. The maximum absolute atomic E-state index is 10.9. The van der Waals surface area contributed by atoms with E-state index in [0.29, 0.717) is 18.7 Å². The molecule has 0 aliphatic carbocycles. The number of amides is 1. The monoisotopic (exact) mass is 222 g/mol. The number of anilines is 1. The molecule has 1 amide bonds. The molecule has 1 atom stereocenters. The fourth-order valence-electron chi connectivity index (χ4n) is 1.50. The van der Waals surface area contributed by atoms with Crippen LogP contribution >= 0.6 is 0 Å². The van der Waals surface area contributed by atoms with Crippen molar-refractivity contribution in [3.63, 3.8) is 0 Å². The third-order valence-electron chi connectivity index (χ3n) is 2.27. The maximum atomic E-state index is 10.9. The Bertz CT molecular complexity index is 353. The van der Waals surface area contributed by atoms with Crippen LogP contribution in [0.3, 0.4) is 0 Å². The van der Waals surface area contributed by atoms with Gasteiger partial charge in [0.05, 0.1) is 6.10 Å². The summed E-state index contributed by atoms with van der Waals surface area (Å²) in [4.78, 5) is 10.9. The van der Waals surface area contributed by atoms with Gasteiger partial charge in [0, 0.05) is 12.6 Å². The zero-order valence-corrected chi connectivity index (χ0v) is 9.44. The highest BCUT2D eigenvalue weighted by molar-refractivity contribution is 5.88. The average molecular weight is 222 g/mol. The molecule has 0 aromatic heterocycles. The Kier molecular flexibility index (Phi) is 4.95. The minimum Gasteiger partial charge on any atom is -0.388 e. The third-order valence-corrected chi connectivity index (χ3v) is 2.27. The molecule has 1 unspecified atom stereocenters. The lowest BCUT2D eigenvalue weighted by Gasteiger charge is -2.11. The van der Waals surface area contributed by atoms with E-state index in [2.05, 4.69) is 5.32 Å². The molecule has 0 bridgehead atoms. The SMILES string of the molecule is CC(=O)Nc1cccc(C(O)CCCN)c1. The second kappa shape index (κ2) is 6.25. The quantitative estimate of drug-likeness (QED) is 0.705. The van der Waals surface area contributed by atoms with Gasteiger partial charge in [0.1, 0.15) is 0 Å². The molecule has 16 heavy (non-hydrogen) atoms. The minimum absolute atomic E-state index is 0.117. The number of aliphatic hydroxyl groups is 1. The Morgan fingerprint density at radius 1 is 1.56 bits per heavy atom. The summed E-state index contributed by atoms with van der Waals surface area (Å²) >= 11 is 0. The molecule has 0 saturated carbocycles. The number of hydrogen-bond donors (Lipinski definition) is 3. The van der Waals surface area contributed by atoms with Crippen LogP contribution in [0.5, 0.6) is 0 Å². The first-order chi connectivity index (χ1) is 7.63. The molecule has 0 spiro atoms. The van der Waals surface area contributed by atoms with Crippen LogP contribution < -0.4 is 11.1 Å². The number of nitrogens with two attached hydrogens (primary N) is 1. The smallest absolute Gasteiger partial charge is 0.221 e. The lowest BCUT2D eigenvalue weighted by Crippen LogP contribution is -2.07. The van der Waals surface area contributed by atoms with Crippen LogP contribution in [0.2, 0.25) is 0 Å². The zero-order chi connectivity index (χ0) is 12.0. The topological polar surface area (TPSA) is 75.3 Å². The molecule has 1 rings (SSSR count). The molecule has 0 aliphatic heterocycles. The number of carbonyl (C=O) groups excluding carboxylic acids is 1. The summed E-state index contributed by atoms with van der Waals surface area (Å²) in [6.45, 7) is 2.03. The Morgan fingerprint density at radius 3 is 2.94 bits per heavy atom. The summed E-state index contributed by atoms with van der Waals surface area (Å²) in [6, 6.07) is 7.22. The van der Waals surface area contributed by atoms with E-state index < -0.39 is 6.10 Å². The van der Waals surface area contributed by atoms with Gasteiger partial charge in [-0.3, -0.25) is 4.79 Å². The van der Waals surface area contributed by atoms with Gasteiger partial charge < -0.3 is 16.2 Å². The highest BCUT2D eigenvalue weighted by atomic mass is 16.3. The predicted molar refractivity (Wildman–Crippen MR) is 64.0 cm³/mol. The molecule has 4 N–H and O–H groups in total. The van der Waals surface area contributed by atoms with E-state index in [1.807, 2.05) is 12.1 Å². The number of nitrogens with one attached hydrogen (secondary N) is 1. The van der Waals surface area contributed by atoms with Crippen molar-refractivity contribution in [3.8, 4) is 0 Å². The van der Waals surface area contributed by atoms with Gasteiger partial charge in [0.2, 0.25) is 5.91 Å². The first-order valence-electron chi connectivity index (χ1n) is 5.39. The lowest BCUT2D eigenvalue weighted by atomic mass is 10.0. The van der Waals surface area contributed by atoms with Gasteiger partial charge in [-0.1, -0.05) is 12.1 Å². The number of carbonyl (C=O) groups is 1. The fourth-order valence-corrected chi connectivity index (χ4v) is 1.50. The molecule has 1 aromatic carbocycles. The van der Waals surface area contributed by atoms with Gasteiger partial charge >= 0.3 is 0 Å². The van der Waals surface area contributed by atoms with Crippen LogP contribution in [0.4, 0.5) is 5.69 Å². The van der Waals surface area contributed by atoms with Gasteiger partial charge in [-0.05, 0) is 37.1 Å². The Balaban J connectivity index is 2.69. The summed E-state index contributed by atoms with van der Waals surface area (Å²) in [7, 11) is 0. The molecule has 88 valence electrons. The molecule has 0 radical (unpaired) electrons. The fraction of sp³-hybridized carbons (Fsp3) is 0.417. The average Bonchev–Trinajstić information content (AvgIpc) is 2.25. The normalized spacial score (nSPS) is 12.2. The highest BCUT2D eigenvalue weighted by Gasteiger charge is 2.07. The van der Waals surface area contributed by atoms with Crippen molar-refractivity contribution in [2.45, 2.75) is 25.9 Å². The first kappa shape index (κ1) is 12.7. The van der Waals surface area contributed by atoms with Gasteiger partial charge in [0.15, 0.2) is 0 Å². The molecular formula is C12H18N2O2. The molecule has 1 aromatic rings. The zero-order valence-electron chi connectivity index (χ0n) is 9.44. The minimum atomic E-state index is -0.516. The number of aliphatic hydroxyl groups excluding tert-OH is 1. The molecule has 4 heteroatoms. The molecule has 0 fully saturated rings.